The zero-order chi connectivity index (χ0) is 16.0. The number of pyridine rings is 1. The lowest BCUT2D eigenvalue weighted by Crippen LogP contribution is -2.43. The van der Waals surface area contributed by atoms with Gasteiger partial charge < -0.3 is 0 Å². The molecule has 0 spiro atoms. The minimum absolute atomic E-state index is 0.0503. The summed E-state index contributed by atoms with van der Waals surface area (Å²) in [6.45, 7) is 0. The van der Waals surface area contributed by atoms with Gasteiger partial charge in [-0.1, -0.05) is 12.1 Å². The van der Waals surface area contributed by atoms with Crippen LogP contribution in [0.3, 0.4) is 0 Å². The summed E-state index contributed by atoms with van der Waals surface area (Å²) in [5.41, 5.74) is 0.743. The molecule has 2 bridgehead atoms. The number of amides is 2. The lowest BCUT2D eigenvalue weighted by molar-refractivity contribution is -0.129. The molecule has 24 heavy (non-hydrogen) atoms. The predicted molar refractivity (Wildman–Crippen MR) is 89.0 cm³/mol. The van der Waals surface area contributed by atoms with Crippen LogP contribution in [0.5, 0.6) is 0 Å². The Kier molecular flexibility index (Phi) is 2.31. The molecule has 4 aliphatic carbocycles. The summed E-state index contributed by atoms with van der Waals surface area (Å²) in [7, 11) is 0. The van der Waals surface area contributed by atoms with E-state index >= 15 is 0 Å². The monoisotopic (exact) mass is 318 g/mol. The molecule has 0 unspecified atom stereocenters. The predicted octanol–water partition coefficient (Wildman–Crippen LogP) is 3.02. The normalized spacial score (nSPS) is 39.2. The molecule has 4 saturated carbocycles. The van der Waals surface area contributed by atoms with Crippen LogP contribution in [0.2, 0.25) is 0 Å². The number of hydrogen-bond donors (Lipinski definition) is 0. The van der Waals surface area contributed by atoms with Crippen molar-refractivity contribution in [2.45, 2.75) is 19.3 Å². The van der Waals surface area contributed by atoms with Crippen molar-refractivity contribution in [2.24, 2.45) is 35.5 Å². The molecule has 0 N–H and O–H groups in total. The molecule has 1 aliphatic heterocycles. The standard InChI is InChI=1S/C20H18N2O2/c23-19-17-12-4-5-13(15-8-14(12)15)18(17)20(24)22(19)16-3-1-2-10-9-21-7-6-11(10)16/h1-3,6-7,9,12-15,17-18H,4-5,8H2/t12-,13+,14+,15-,17-,18+. The Morgan fingerprint density at radius 2 is 1.62 bits per heavy atom. The Hall–Kier alpha value is -2.23. The van der Waals surface area contributed by atoms with E-state index < -0.39 is 0 Å². The molecule has 5 fully saturated rings. The maximum atomic E-state index is 13.2. The first-order valence-electron chi connectivity index (χ1n) is 8.96. The second-order valence-corrected chi connectivity index (χ2v) is 7.91. The van der Waals surface area contributed by atoms with Gasteiger partial charge in [-0.3, -0.25) is 14.6 Å². The van der Waals surface area contributed by atoms with Crippen molar-refractivity contribution in [3.05, 3.63) is 36.7 Å². The summed E-state index contributed by atoms with van der Waals surface area (Å²) in [6.07, 6.45) is 7.04. The van der Waals surface area contributed by atoms with Crippen molar-refractivity contribution in [3.8, 4) is 0 Å². The molecule has 2 heterocycles. The highest BCUT2D eigenvalue weighted by atomic mass is 16.2. The molecular weight excluding hydrogens is 300 g/mol. The molecule has 0 radical (unpaired) electrons. The Labute approximate surface area is 139 Å². The van der Waals surface area contributed by atoms with Crippen LogP contribution in [0.25, 0.3) is 10.8 Å². The van der Waals surface area contributed by atoms with Crippen LogP contribution < -0.4 is 4.90 Å². The van der Waals surface area contributed by atoms with Crippen LogP contribution in [0.4, 0.5) is 5.69 Å². The summed E-state index contributed by atoms with van der Waals surface area (Å²) >= 11 is 0. The van der Waals surface area contributed by atoms with Crippen LogP contribution >= 0.6 is 0 Å². The number of fused-ring (bicyclic) bond motifs is 2. The highest BCUT2D eigenvalue weighted by Crippen LogP contribution is 2.68. The molecule has 1 aromatic carbocycles. The number of benzene rings is 1. The second kappa shape index (κ2) is 4.24. The SMILES string of the molecule is O=C1[C@@H]2[C@@H]3CC[C@@H]([C@H]4C[C@H]43)[C@@H]2C(=O)N1c1cccc2cnccc12. The van der Waals surface area contributed by atoms with E-state index in [0.29, 0.717) is 11.8 Å². The van der Waals surface area contributed by atoms with E-state index in [4.69, 9.17) is 0 Å². The lowest BCUT2D eigenvalue weighted by atomic mass is 9.59. The van der Waals surface area contributed by atoms with Crippen molar-refractivity contribution in [3.63, 3.8) is 0 Å². The molecule has 6 atom stereocenters. The fourth-order valence-corrected chi connectivity index (χ4v) is 6.08. The van der Waals surface area contributed by atoms with Gasteiger partial charge in [-0.15, -0.1) is 0 Å². The van der Waals surface area contributed by atoms with Crippen molar-refractivity contribution < 1.29 is 9.59 Å². The largest absolute Gasteiger partial charge is 0.274 e. The van der Waals surface area contributed by atoms with Gasteiger partial charge in [0.1, 0.15) is 0 Å². The average Bonchev–Trinajstić information content (AvgIpc) is 3.39. The van der Waals surface area contributed by atoms with E-state index in [1.54, 1.807) is 12.4 Å². The summed E-state index contributed by atoms with van der Waals surface area (Å²) in [5, 5.41) is 1.90. The molecule has 7 rings (SSSR count). The van der Waals surface area contributed by atoms with Crippen LogP contribution in [-0.2, 0) is 9.59 Å². The zero-order valence-corrected chi connectivity index (χ0v) is 13.3. The number of hydrogen-bond acceptors (Lipinski definition) is 3. The first kappa shape index (κ1) is 13.1. The molecule has 2 aromatic rings. The van der Waals surface area contributed by atoms with Gasteiger partial charge in [0.05, 0.1) is 17.5 Å². The third kappa shape index (κ3) is 1.43. The van der Waals surface area contributed by atoms with Crippen LogP contribution in [0, 0.1) is 35.5 Å². The van der Waals surface area contributed by atoms with Crippen molar-refractivity contribution >= 4 is 28.3 Å². The van der Waals surface area contributed by atoms with Gasteiger partial charge in [-0.2, -0.15) is 0 Å². The maximum Gasteiger partial charge on any atom is 0.238 e. The number of nitrogens with zero attached hydrogens (tertiary/aromatic N) is 2. The van der Waals surface area contributed by atoms with Gasteiger partial charge in [0.2, 0.25) is 11.8 Å². The third-order valence-electron chi connectivity index (χ3n) is 7.04. The van der Waals surface area contributed by atoms with Crippen LogP contribution in [-0.4, -0.2) is 16.8 Å². The van der Waals surface area contributed by atoms with Gasteiger partial charge in [-0.05, 0) is 55.1 Å². The first-order chi connectivity index (χ1) is 11.8. The molecular formula is C20H18N2O2. The van der Waals surface area contributed by atoms with Gasteiger partial charge in [-0.25, -0.2) is 4.90 Å². The Morgan fingerprint density at radius 1 is 0.917 bits per heavy atom. The van der Waals surface area contributed by atoms with Crippen molar-refractivity contribution in [2.75, 3.05) is 4.90 Å². The summed E-state index contributed by atoms with van der Waals surface area (Å²) in [6, 6.07) is 7.69. The molecule has 4 heteroatoms. The van der Waals surface area contributed by atoms with Gasteiger partial charge in [0, 0.05) is 23.2 Å². The van der Waals surface area contributed by atoms with E-state index in [9.17, 15) is 9.59 Å². The van der Waals surface area contributed by atoms with E-state index in [1.807, 2.05) is 24.3 Å². The van der Waals surface area contributed by atoms with Crippen molar-refractivity contribution in [1.82, 2.24) is 4.98 Å². The number of aromatic nitrogens is 1. The Balaban J connectivity index is 1.51. The minimum Gasteiger partial charge on any atom is -0.274 e. The van der Waals surface area contributed by atoms with E-state index in [-0.39, 0.29) is 23.7 Å². The lowest BCUT2D eigenvalue weighted by Gasteiger charge is -2.42. The van der Waals surface area contributed by atoms with Crippen molar-refractivity contribution in [1.29, 1.82) is 0 Å². The molecule has 1 saturated heterocycles. The topological polar surface area (TPSA) is 50.3 Å². The molecule has 120 valence electrons. The fourth-order valence-electron chi connectivity index (χ4n) is 6.08. The number of carbonyl (C=O) groups excluding carboxylic acids is 2. The fraction of sp³-hybridized carbons (Fsp3) is 0.450. The zero-order valence-electron chi connectivity index (χ0n) is 13.3. The molecule has 2 amide bonds. The number of rotatable bonds is 1. The maximum absolute atomic E-state index is 13.2. The van der Waals surface area contributed by atoms with Gasteiger partial charge in [0.15, 0.2) is 0 Å². The highest BCUT2D eigenvalue weighted by Gasteiger charge is 2.68. The van der Waals surface area contributed by atoms with Gasteiger partial charge >= 0.3 is 0 Å². The summed E-state index contributed by atoms with van der Waals surface area (Å²) in [5.74, 6) is 2.32. The van der Waals surface area contributed by atoms with Gasteiger partial charge in [0.25, 0.3) is 0 Å². The third-order valence-corrected chi connectivity index (χ3v) is 7.04. The van der Waals surface area contributed by atoms with E-state index in [0.717, 1.165) is 41.1 Å². The molecule has 5 aliphatic rings. The first-order valence-corrected chi connectivity index (χ1v) is 8.96. The highest BCUT2D eigenvalue weighted by molar-refractivity contribution is 6.25. The summed E-state index contributed by atoms with van der Waals surface area (Å²) < 4.78 is 0. The smallest absolute Gasteiger partial charge is 0.238 e. The van der Waals surface area contributed by atoms with Crippen LogP contribution in [0.1, 0.15) is 19.3 Å². The second-order valence-electron chi connectivity index (χ2n) is 7.91. The molecule has 4 nitrogen and oxygen atoms in total. The Bertz CT molecular complexity index is 868. The Morgan fingerprint density at radius 3 is 2.33 bits per heavy atom. The molecule has 1 aromatic heterocycles. The number of anilines is 1. The van der Waals surface area contributed by atoms with E-state index in [1.165, 1.54) is 11.3 Å². The quantitative estimate of drug-likeness (QED) is 0.760. The number of imide groups is 1. The number of carbonyl (C=O) groups is 2. The minimum atomic E-state index is -0.0582. The summed E-state index contributed by atoms with van der Waals surface area (Å²) in [4.78, 5) is 32.1. The average molecular weight is 318 g/mol. The van der Waals surface area contributed by atoms with Crippen LogP contribution in [0.15, 0.2) is 36.7 Å². The van der Waals surface area contributed by atoms with E-state index in [2.05, 4.69) is 4.98 Å².